The standard InChI is InChI=1S/C39H39N5O8S/c1-5-26-22-39(26,38(48)43-53(49,50)29-15-11-8-12-16-29)42-36(46)33-20-28(23-44(33)37(47)24(3)40-35(45)6-2)52-34-21-31(25-13-9-7-10-14-25)41-32-19-27(51-4)17-18-30(32)34/h5-19,21,24,26,28,33H,1-2,20,22-23H2,3-4H3,(H,40,45)(H,42,46)(H,43,48)/t24-,26-,28-,33+,39-/m1/s1. The number of amides is 4. The fraction of sp³-hybridized carbons (Fsp3) is 0.256. The van der Waals surface area contributed by atoms with Crippen LogP contribution in [0.15, 0.2) is 115 Å². The number of likely N-dealkylation sites (tertiary alicyclic amines) is 1. The van der Waals surface area contributed by atoms with Gasteiger partial charge in [0.25, 0.3) is 15.9 Å². The summed E-state index contributed by atoms with van der Waals surface area (Å²) in [5, 5.41) is 5.97. The van der Waals surface area contributed by atoms with Gasteiger partial charge in [0.05, 0.1) is 29.8 Å². The summed E-state index contributed by atoms with van der Waals surface area (Å²) in [5.41, 5.74) is 0.449. The molecular formula is C39H39N5O8S. The maximum absolute atomic E-state index is 14.2. The lowest BCUT2D eigenvalue weighted by Crippen LogP contribution is -2.57. The molecular weight excluding hydrogens is 699 g/mol. The van der Waals surface area contributed by atoms with E-state index in [2.05, 4.69) is 28.5 Å². The number of carbonyl (C=O) groups is 4. The van der Waals surface area contributed by atoms with Gasteiger partial charge in [0.2, 0.25) is 17.7 Å². The lowest BCUT2D eigenvalue weighted by Gasteiger charge is -2.28. The van der Waals surface area contributed by atoms with Crippen LogP contribution in [0.1, 0.15) is 19.8 Å². The Balaban J connectivity index is 1.30. The molecule has 0 unspecified atom stereocenters. The number of nitrogens with zero attached hydrogens (tertiary/aromatic N) is 2. The minimum Gasteiger partial charge on any atom is -0.497 e. The quantitative estimate of drug-likeness (QED) is 0.137. The monoisotopic (exact) mass is 737 g/mol. The van der Waals surface area contributed by atoms with Crippen molar-refractivity contribution in [2.75, 3.05) is 13.7 Å². The van der Waals surface area contributed by atoms with Gasteiger partial charge in [0.1, 0.15) is 35.2 Å². The highest BCUT2D eigenvalue weighted by Gasteiger charge is 2.61. The Labute approximate surface area is 307 Å². The van der Waals surface area contributed by atoms with Crippen LogP contribution in [0.5, 0.6) is 11.5 Å². The van der Waals surface area contributed by atoms with Crippen LogP contribution in [0.3, 0.4) is 0 Å². The molecule has 1 aliphatic heterocycles. The van der Waals surface area contributed by atoms with Gasteiger partial charge in [0.15, 0.2) is 0 Å². The van der Waals surface area contributed by atoms with Crippen LogP contribution < -0.4 is 24.8 Å². The average Bonchev–Trinajstić information content (AvgIpc) is 3.73. The summed E-state index contributed by atoms with van der Waals surface area (Å²) in [6.45, 7) is 8.64. The molecule has 4 aromatic rings. The number of rotatable bonds is 13. The first-order valence-corrected chi connectivity index (χ1v) is 18.4. The van der Waals surface area contributed by atoms with Crippen LogP contribution in [-0.2, 0) is 29.2 Å². The van der Waals surface area contributed by atoms with Crippen molar-refractivity contribution in [3.05, 3.63) is 110 Å². The smallest absolute Gasteiger partial charge is 0.264 e. The number of methoxy groups -OCH3 is 1. The highest BCUT2D eigenvalue weighted by molar-refractivity contribution is 7.90. The molecule has 0 radical (unpaired) electrons. The van der Waals surface area contributed by atoms with Crippen molar-refractivity contribution in [2.45, 2.75) is 48.4 Å². The van der Waals surface area contributed by atoms with Gasteiger partial charge in [-0.1, -0.05) is 61.2 Å². The number of fused-ring (bicyclic) bond motifs is 1. The normalized spacial score (nSPS) is 21.2. The molecule has 5 atom stereocenters. The Bertz CT molecular complexity index is 2200. The van der Waals surface area contributed by atoms with E-state index in [4.69, 9.17) is 14.5 Å². The molecule has 2 heterocycles. The van der Waals surface area contributed by atoms with Gasteiger partial charge in [-0.2, -0.15) is 0 Å². The first-order chi connectivity index (χ1) is 25.4. The maximum atomic E-state index is 14.2. The van der Waals surface area contributed by atoms with Crippen LogP contribution in [0.4, 0.5) is 0 Å². The third kappa shape index (κ3) is 7.63. The van der Waals surface area contributed by atoms with Crippen LogP contribution in [0.2, 0.25) is 0 Å². The zero-order valence-corrected chi connectivity index (χ0v) is 30.0. The van der Waals surface area contributed by atoms with E-state index in [0.717, 1.165) is 11.6 Å². The Hall–Kier alpha value is -6.02. The van der Waals surface area contributed by atoms with Gasteiger partial charge in [-0.25, -0.2) is 18.1 Å². The van der Waals surface area contributed by atoms with E-state index in [1.807, 2.05) is 36.4 Å². The van der Waals surface area contributed by atoms with E-state index in [-0.39, 0.29) is 24.3 Å². The van der Waals surface area contributed by atoms with Crippen molar-refractivity contribution in [3.63, 3.8) is 0 Å². The predicted octanol–water partition coefficient (Wildman–Crippen LogP) is 3.52. The SMILES string of the molecule is C=CC(=O)N[C@H](C)C(=O)N1C[C@H](Oc2cc(-c3ccccc3)nc3cc(OC)ccc23)C[C@H]1C(=O)N[C@]1(C(=O)NS(=O)(=O)c2ccccc2)C[C@H]1C=C. The van der Waals surface area contributed by atoms with Gasteiger partial charge >= 0.3 is 0 Å². The fourth-order valence-electron chi connectivity index (χ4n) is 6.50. The number of ether oxygens (including phenoxy) is 2. The molecule has 6 rings (SSSR count). The van der Waals surface area contributed by atoms with Crippen molar-refractivity contribution in [1.29, 1.82) is 0 Å². The fourth-order valence-corrected chi connectivity index (χ4v) is 7.56. The van der Waals surface area contributed by atoms with E-state index < -0.39 is 63.3 Å². The Kier molecular flexibility index (Phi) is 10.3. The third-order valence-electron chi connectivity index (χ3n) is 9.44. The maximum Gasteiger partial charge on any atom is 0.264 e. The molecule has 14 heteroatoms. The molecule has 53 heavy (non-hydrogen) atoms. The van der Waals surface area contributed by atoms with Crippen LogP contribution in [0, 0.1) is 5.92 Å². The zero-order valence-electron chi connectivity index (χ0n) is 29.2. The Morgan fingerprint density at radius 3 is 2.34 bits per heavy atom. The van der Waals surface area contributed by atoms with E-state index in [1.54, 1.807) is 31.4 Å². The number of pyridine rings is 1. The van der Waals surface area contributed by atoms with E-state index in [1.165, 1.54) is 42.2 Å². The summed E-state index contributed by atoms with van der Waals surface area (Å²) in [5.74, 6) is -2.29. The van der Waals surface area contributed by atoms with Gasteiger partial charge in [-0.3, -0.25) is 19.2 Å². The van der Waals surface area contributed by atoms with Crippen molar-refractivity contribution in [3.8, 4) is 22.8 Å². The minimum absolute atomic E-state index is 0.0130. The number of nitrogens with one attached hydrogen (secondary N) is 3. The zero-order chi connectivity index (χ0) is 37.9. The molecule has 1 saturated heterocycles. The first-order valence-electron chi connectivity index (χ1n) is 16.9. The molecule has 13 nitrogen and oxygen atoms in total. The first kappa shape index (κ1) is 36.8. The van der Waals surface area contributed by atoms with Gasteiger partial charge in [0, 0.05) is 35.4 Å². The molecule has 274 valence electrons. The summed E-state index contributed by atoms with van der Waals surface area (Å²) in [7, 11) is -2.70. The van der Waals surface area contributed by atoms with Gasteiger partial charge in [-0.05, 0) is 43.7 Å². The summed E-state index contributed by atoms with van der Waals surface area (Å²) in [6, 6.07) is 21.9. The molecule has 4 amide bonds. The number of aromatic nitrogens is 1. The van der Waals surface area contributed by atoms with Crippen molar-refractivity contribution in [2.24, 2.45) is 5.92 Å². The third-order valence-corrected chi connectivity index (χ3v) is 10.8. The lowest BCUT2D eigenvalue weighted by atomic mass is 10.1. The highest BCUT2D eigenvalue weighted by atomic mass is 32.2. The van der Waals surface area contributed by atoms with Crippen LogP contribution >= 0.6 is 0 Å². The number of sulfonamides is 1. The second kappa shape index (κ2) is 14.9. The second-order valence-electron chi connectivity index (χ2n) is 12.9. The lowest BCUT2D eigenvalue weighted by molar-refractivity contribution is -0.141. The van der Waals surface area contributed by atoms with Crippen molar-refractivity contribution in [1.82, 2.24) is 25.2 Å². The molecule has 0 spiro atoms. The molecule has 3 aromatic carbocycles. The topological polar surface area (TPSA) is 173 Å². The minimum atomic E-state index is -4.26. The Morgan fingerprint density at radius 1 is 1.00 bits per heavy atom. The number of carbonyl (C=O) groups excluding carboxylic acids is 4. The van der Waals surface area contributed by atoms with Gasteiger partial charge in [-0.15, -0.1) is 6.58 Å². The molecule has 1 aromatic heterocycles. The summed E-state index contributed by atoms with van der Waals surface area (Å²) < 4.78 is 40.2. The van der Waals surface area contributed by atoms with Crippen molar-refractivity contribution < 1.29 is 37.1 Å². The molecule has 2 aliphatic rings. The number of hydrogen-bond donors (Lipinski definition) is 3. The largest absolute Gasteiger partial charge is 0.497 e. The van der Waals surface area contributed by atoms with E-state index in [0.29, 0.717) is 28.1 Å². The molecule has 1 saturated carbocycles. The number of hydrogen-bond acceptors (Lipinski definition) is 9. The molecule has 0 bridgehead atoms. The second-order valence-corrected chi connectivity index (χ2v) is 14.6. The summed E-state index contributed by atoms with van der Waals surface area (Å²) >= 11 is 0. The van der Waals surface area contributed by atoms with Crippen LogP contribution in [-0.4, -0.2) is 79.3 Å². The van der Waals surface area contributed by atoms with Crippen molar-refractivity contribution >= 4 is 44.6 Å². The van der Waals surface area contributed by atoms with Gasteiger partial charge < -0.3 is 25.0 Å². The molecule has 3 N–H and O–H groups in total. The predicted molar refractivity (Wildman–Crippen MR) is 197 cm³/mol. The Morgan fingerprint density at radius 2 is 1.70 bits per heavy atom. The van der Waals surface area contributed by atoms with E-state index >= 15 is 0 Å². The highest BCUT2D eigenvalue weighted by Crippen LogP contribution is 2.45. The molecule has 2 fully saturated rings. The number of benzene rings is 3. The average molecular weight is 738 g/mol. The van der Waals surface area contributed by atoms with E-state index in [9.17, 15) is 27.6 Å². The summed E-state index contributed by atoms with van der Waals surface area (Å²) in [6.07, 6.45) is 1.90. The molecule has 1 aliphatic carbocycles. The summed E-state index contributed by atoms with van der Waals surface area (Å²) in [4.78, 5) is 59.8. The van der Waals surface area contributed by atoms with Crippen LogP contribution in [0.25, 0.3) is 22.2 Å².